The van der Waals surface area contributed by atoms with Crippen LogP contribution in [-0.2, 0) is 11.0 Å². The fraction of sp³-hybridized carbons (Fsp3) is 0.250. The summed E-state index contributed by atoms with van der Waals surface area (Å²) >= 11 is 0. The van der Waals surface area contributed by atoms with Crippen LogP contribution in [0.2, 0.25) is 0 Å². The Hall–Kier alpha value is -2.21. The second kappa shape index (κ2) is 7.13. The topological polar surface area (TPSA) is 130 Å². The standard InChI is InChI=1S/C16H20NO6P/c1-10(11-3-5-12(18)6-4-11)2-7-14-15(17-24(21,22)23)8-13(19)9-16(14)20/h3-6,8-10,18-20H,2,7H2,1H3,(H3,17,21,22,23). The van der Waals surface area contributed by atoms with Crippen molar-refractivity contribution in [3.63, 3.8) is 0 Å². The SMILES string of the molecule is CC(CCc1c(O)cc(O)cc1NP(=O)(O)O)c1ccc(O)cc1. The molecular weight excluding hydrogens is 333 g/mol. The Morgan fingerprint density at radius 2 is 1.67 bits per heavy atom. The normalized spacial score (nSPS) is 12.8. The second-order valence-electron chi connectivity index (χ2n) is 5.68. The van der Waals surface area contributed by atoms with Crippen LogP contribution in [0.25, 0.3) is 0 Å². The second-order valence-corrected chi connectivity index (χ2v) is 6.99. The molecule has 2 aromatic rings. The molecule has 2 rings (SSSR count). The van der Waals surface area contributed by atoms with Crippen LogP contribution in [0, 0.1) is 0 Å². The summed E-state index contributed by atoms with van der Waals surface area (Å²) in [5, 5.41) is 30.9. The van der Waals surface area contributed by atoms with Crippen LogP contribution in [0.15, 0.2) is 36.4 Å². The molecule has 0 aliphatic heterocycles. The summed E-state index contributed by atoms with van der Waals surface area (Å²) < 4.78 is 11.2. The van der Waals surface area contributed by atoms with E-state index in [1.54, 1.807) is 24.3 Å². The molecule has 1 atom stereocenters. The van der Waals surface area contributed by atoms with Gasteiger partial charge in [0.2, 0.25) is 0 Å². The van der Waals surface area contributed by atoms with Crippen molar-refractivity contribution in [1.82, 2.24) is 0 Å². The number of aromatic hydroxyl groups is 3. The van der Waals surface area contributed by atoms with Crippen molar-refractivity contribution < 1.29 is 29.7 Å². The first-order valence-electron chi connectivity index (χ1n) is 7.33. The van der Waals surface area contributed by atoms with Crippen molar-refractivity contribution in [2.45, 2.75) is 25.7 Å². The Morgan fingerprint density at radius 3 is 2.25 bits per heavy atom. The van der Waals surface area contributed by atoms with Gasteiger partial charge in [-0.3, -0.25) is 5.09 Å². The van der Waals surface area contributed by atoms with Crippen LogP contribution in [0.5, 0.6) is 17.2 Å². The van der Waals surface area contributed by atoms with Gasteiger partial charge in [-0.2, -0.15) is 0 Å². The Kier molecular flexibility index (Phi) is 5.39. The molecule has 2 aromatic carbocycles. The number of nitrogens with one attached hydrogen (secondary N) is 1. The van der Waals surface area contributed by atoms with Crippen LogP contribution in [0.1, 0.15) is 30.4 Å². The van der Waals surface area contributed by atoms with Crippen molar-refractivity contribution in [3.8, 4) is 17.2 Å². The van der Waals surface area contributed by atoms with Gasteiger partial charge in [-0.15, -0.1) is 0 Å². The molecule has 0 saturated heterocycles. The van der Waals surface area contributed by atoms with Crippen LogP contribution in [-0.4, -0.2) is 25.1 Å². The molecule has 0 radical (unpaired) electrons. The lowest BCUT2D eigenvalue weighted by atomic mass is 9.93. The van der Waals surface area contributed by atoms with Gasteiger partial charge in [-0.25, -0.2) is 4.57 Å². The minimum Gasteiger partial charge on any atom is -0.508 e. The van der Waals surface area contributed by atoms with Gasteiger partial charge in [0.15, 0.2) is 0 Å². The highest BCUT2D eigenvalue weighted by atomic mass is 31.2. The van der Waals surface area contributed by atoms with E-state index in [1.165, 1.54) is 6.07 Å². The first-order chi connectivity index (χ1) is 11.2. The van der Waals surface area contributed by atoms with Gasteiger partial charge in [0.05, 0.1) is 5.69 Å². The van der Waals surface area contributed by atoms with Gasteiger partial charge < -0.3 is 25.1 Å². The fourth-order valence-electron chi connectivity index (χ4n) is 2.49. The molecule has 8 heteroatoms. The Bertz CT molecular complexity index is 756. The molecular formula is C16H20NO6P. The molecule has 0 amide bonds. The minimum atomic E-state index is -4.57. The summed E-state index contributed by atoms with van der Waals surface area (Å²) in [7, 11) is -4.57. The highest BCUT2D eigenvalue weighted by Gasteiger charge is 2.19. The molecule has 6 N–H and O–H groups in total. The molecule has 0 saturated carbocycles. The van der Waals surface area contributed by atoms with Crippen molar-refractivity contribution in [2.75, 3.05) is 5.09 Å². The molecule has 0 spiro atoms. The third-order valence-electron chi connectivity index (χ3n) is 3.77. The lowest BCUT2D eigenvalue weighted by Gasteiger charge is -2.17. The van der Waals surface area contributed by atoms with Gasteiger partial charge in [-0.05, 0) is 36.5 Å². The molecule has 0 bridgehead atoms. The fourth-order valence-corrected chi connectivity index (χ4v) is 3.00. The summed E-state index contributed by atoms with van der Waals surface area (Å²) in [6.45, 7) is 1.97. The molecule has 0 heterocycles. The van der Waals surface area contributed by atoms with Gasteiger partial charge >= 0.3 is 7.75 Å². The molecule has 0 fully saturated rings. The predicted octanol–water partition coefficient (Wildman–Crippen LogP) is 3.04. The summed E-state index contributed by atoms with van der Waals surface area (Å²) in [5.74, 6) is -0.250. The molecule has 0 aliphatic rings. The van der Waals surface area contributed by atoms with Gasteiger partial charge in [0.1, 0.15) is 17.2 Å². The molecule has 0 aliphatic carbocycles. The first kappa shape index (κ1) is 18.1. The van der Waals surface area contributed by atoms with Crippen LogP contribution in [0.4, 0.5) is 5.69 Å². The predicted molar refractivity (Wildman–Crippen MR) is 90.3 cm³/mol. The maximum atomic E-state index is 11.2. The highest BCUT2D eigenvalue weighted by Crippen LogP contribution is 2.41. The number of benzene rings is 2. The number of hydrogen-bond donors (Lipinski definition) is 6. The van der Waals surface area contributed by atoms with E-state index in [4.69, 9.17) is 9.79 Å². The molecule has 7 nitrogen and oxygen atoms in total. The van der Waals surface area contributed by atoms with E-state index in [1.807, 2.05) is 12.0 Å². The number of phenolic OH excluding ortho intramolecular Hbond substituents is 3. The monoisotopic (exact) mass is 353 g/mol. The Morgan fingerprint density at radius 1 is 1.04 bits per heavy atom. The first-order valence-corrected chi connectivity index (χ1v) is 8.94. The zero-order valence-electron chi connectivity index (χ0n) is 13.0. The smallest absolute Gasteiger partial charge is 0.427 e. The van der Waals surface area contributed by atoms with E-state index >= 15 is 0 Å². The zero-order chi connectivity index (χ0) is 17.9. The van der Waals surface area contributed by atoms with E-state index in [-0.39, 0.29) is 28.9 Å². The molecule has 0 aromatic heterocycles. The van der Waals surface area contributed by atoms with E-state index in [9.17, 15) is 19.9 Å². The lowest BCUT2D eigenvalue weighted by Crippen LogP contribution is -2.02. The lowest BCUT2D eigenvalue weighted by molar-refractivity contribution is 0.380. The summed E-state index contributed by atoms with van der Waals surface area (Å²) in [6, 6.07) is 9.07. The van der Waals surface area contributed by atoms with E-state index in [2.05, 4.69) is 0 Å². The molecule has 24 heavy (non-hydrogen) atoms. The van der Waals surface area contributed by atoms with Crippen LogP contribution < -0.4 is 5.09 Å². The maximum Gasteiger partial charge on any atom is 0.427 e. The van der Waals surface area contributed by atoms with E-state index in [0.29, 0.717) is 18.4 Å². The molecule has 1 unspecified atom stereocenters. The average molecular weight is 353 g/mol. The van der Waals surface area contributed by atoms with Crippen molar-refractivity contribution in [2.24, 2.45) is 0 Å². The largest absolute Gasteiger partial charge is 0.508 e. The summed E-state index contributed by atoms with van der Waals surface area (Å²) in [5.41, 5.74) is 1.32. The third kappa shape index (κ3) is 4.89. The van der Waals surface area contributed by atoms with E-state index in [0.717, 1.165) is 11.6 Å². The zero-order valence-corrected chi connectivity index (χ0v) is 13.9. The number of anilines is 1. The summed E-state index contributed by atoms with van der Waals surface area (Å²) in [4.78, 5) is 18.1. The van der Waals surface area contributed by atoms with Gasteiger partial charge in [-0.1, -0.05) is 19.1 Å². The maximum absolute atomic E-state index is 11.2. The Labute approximate surface area is 139 Å². The van der Waals surface area contributed by atoms with Gasteiger partial charge in [0.25, 0.3) is 0 Å². The number of rotatable bonds is 6. The van der Waals surface area contributed by atoms with Crippen LogP contribution in [0.3, 0.4) is 0 Å². The third-order valence-corrected chi connectivity index (χ3v) is 4.30. The van der Waals surface area contributed by atoms with Crippen molar-refractivity contribution >= 4 is 13.4 Å². The van der Waals surface area contributed by atoms with Crippen molar-refractivity contribution in [1.29, 1.82) is 0 Å². The quantitative estimate of drug-likeness (QED) is 0.440. The highest BCUT2D eigenvalue weighted by molar-refractivity contribution is 7.53. The van der Waals surface area contributed by atoms with Gasteiger partial charge in [0, 0.05) is 17.7 Å². The average Bonchev–Trinajstić information content (AvgIpc) is 2.45. The molecule has 130 valence electrons. The Balaban J connectivity index is 2.19. The van der Waals surface area contributed by atoms with E-state index < -0.39 is 7.75 Å². The number of hydrogen-bond acceptors (Lipinski definition) is 4. The summed E-state index contributed by atoms with van der Waals surface area (Å²) in [6.07, 6.45) is 0.940. The number of phenols is 3. The van der Waals surface area contributed by atoms with Crippen molar-refractivity contribution in [3.05, 3.63) is 47.5 Å². The van der Waals surface area contributed by atoms with Crippen LogP contribution >= 0.6 is 7.75 Å². The minimum absolute atomic E-state index is 0.00117.